The topological polar surface area (TPSA) is 104 Å². The second-order valence-electron chi connectivity index (χ2n) is 6.10. The van der Waals surface area contributed by atoms with Crippen molar-refractivity contribution in [3.05, 3.63) is 53.6 Å². The van der Waals surface area contributed by atoms with Crippen molar-refractivity contribution >= 4 is 33.3 Å². The summed E-state index contributed by atoms with van der Waals surface area (Å²) < 4.78 is 27.5. The number of carbonyl (C=O) groups excluding carboxylic acids is 1. The highest BCUT2D eigenvalue weighted by atomic mass is 32.2. The zero-order valence-corrected chi connectivity index (χ0v) is 14.9. The fraction of sp³-hybridized carbons (Fsp3) is 0.222. The zero-order chi connectivity index (χ0) is 18.9. The van der Waals surface area contributed by atoms with Crippen LogP contribution >= 0.6 is 0 Å². The monoisotopic (exact) mass is 374 g/mol. The van der Waals surface area contributed by atoms with E-state index in [1.54, 1.807) is 30.0 Å². The van der Waals surface area contributed by atoms with Crippen molar-refractivity contribution in [1.29, 1.82) is 0 Å². The first kappa shape index (κ1) is 17.9. The number of sulfonamides is 1. The first-order valence-electron chi connectivity index (χ1n) is 8.05. The minimum absolute atomic E-state index is 0.00176. The predicted octanol–water partition coefficient (Wildman–Crippen LogP) is 2.62. The molecule has 1 aliphatic heterocycles. The van der Waals surface area contributed by atoms with Gasteiger partial charge in [0.1, 0.15) is 0 Å². The fourth-order valence-electron chi connectivity index (χ4n) is 2.85. The van der Waals surface area contributed by atoms with Crippen molar-refractivity contribution in [2.45, 2.75) is 24.7 Å². The van der Waals surface area contributed by atoms with Gasteiger partial charge in [-0.25, -0.2) is 13.2 Å². The molecular weight excluding hydrogens is 356 g/mol. The first-order valence-corrected chi connectivity index (χ1v) is 9.53. The number of aromatic carboxylic acids is 1. The molecule has 136 valence electrons. The number of carboxylic acids is 1. The van der Waals surface area contributed by atoms with Crippen molar-refractivity contribution in [3.8, 4) is 0 Å². The third-order valence-corrected chi connectivity index (χ3v) is 5.56. The lowest BCUT2D eigenvalue weighted by Crippen LogP contribution is -2.23. The molecule has 0 bridgehead atoms. The summed E-state index contributed by atoms with van der Waals surface area (Å²) in [6.45, 7) is 2.34. The highest BCUT2D eigenvalue weighted by Crippen LogP contribution is 2.25. The Hall–Kier alpha value is -2.87. The minimum atomic E-state index is -3.95. The number of nitrogens with zero attached hydrogens (tertiary/aromatic N) is 1. The summed E-state index contributed by atoms with van der Waals surface area (Å²) in [5, 5.41) is 9.27. The van der Waals surface area contributed by atoms with Crippen molar-refractivity contribution in [1.82, 2.24) is 0 Å². The van der Waals surface area contributed by atoms with Crippen LogP contribution in [0.25, 0.3) is 0 Å². The van der Waals surface area contributed by atoms with E-state index in [-0.39, 0.29) is 22.1 Å². The molecule has 0 saturated carbocycles. The first-order chi connectivity index (χ1) is 12.3. The van der Waals surface area contributed by atoms with E-state index in [1.165, 1.54) is 24.3 Å². The second kappa shape index (κ2) is 6.80. The number of aryl methyl sites for hydroxylation is 1. The molecule has 1 saturated heterocycles. The SMILES string of the molecule is Cc1ccc(NS(=O)(=O)c2ccc(N3CCCC3=O)cc2)c(C(=O)O)c1. The smallest absolute Gasteiger partial charge is 0.337 e. The second-order valence-corrected chi connectivity index (χ2v) is 7.78. The third-order valence-electron chi connectivity index (χ3n) is 4.18. The minimum Gasteiger partial charge on any atom is -0.478 e. The lowest BCUT2D eigenvalue weighted by atomic mass is 10.1. The Labute approximate surface area is 151 Å². The van der Waals surface area contributed by atoms with Gasteiger partial charge < -0.3 is 10.0 Å². The molecule has 1 heterocycles. The van der Waals surface area contributed by atoms with Gasteiger partial charge in [-0.15, -0.1) is 0 Å². The van der Waals surface area contributed by atoms with Gasteiger partial charge in [0.05, 0.1) is 16.1 Å². The summed E-state index contributed by atoms with van der Waals surface area (Å²) in [7, 11) is -3.95. The van der Waals surface area contributed by atoms with Crippen molar-refractivity contribution in [3.63, 3.8) is 0 Å². The number of rotatable bonds is 5. The number of carboxylic acid groups (broad SMARTS) is 1. The van der Waals surface area contributed by atoms with Crippen LogP contribution in [-0.2, 0) is 14.8 Å². The molecule has 0 radical (unpaired) electrons. The molecular formula is C18H18N2O5S. The van der Waals surface area contributed by atoms with E-state index in [0.29, 0.717) is 24.2 Å². The van der Waals surface area contributed by atoms with Crippen LogP contribution in [0.15, 0.2) is 47.4 Å². The van der Waals surface area contributed by atoms with Gasteiger partial charge in [0.15, 0.2) is 0 Å². The van der Waals surface area contributed by atoms with Gasteiger partial charge in [-0.05, 0) is 49.7 Å². The van der Waals surface area contributed by atoms with Crippen LogP contribution in [0.5, 0.6) is 0 Å². The molecule has 3 rings (SSSR count). The van der Waals surface area contributed by atoms with Crippen LogP contribution in [0.3, 0.4) is 0 Å². The van der Waals surface area contributed by atoms with Crippen molar-refractivity contribution < 1.29 is 23.1 Å². The van der Waals surface area contributed by atoms with Gasteiger partial charge in [-0.1, -0.05) is 11.6 Å². The average Bonchev–Trinajstić information content (AvgIpc) is 3.02. The van der Waals surface area contributed by atoms with E-state index in [9.17, 15) is 23.1 Å². The van der Waals surface area contributed by atoms with E-state index in [2.05, 4.69) is 4.72 Å². The molecule has 26 heavy (non-hydrogen) atoms. The average molecular weight is 374 g/mol. The van der Waals surface area contributed by atoms with E-state index < -0.39 is 16.0 Å². The molecule has 0 unspecified atom stereocenters. The highest BCUT2D eigenvalue weighted by molar-refractivity contribution is 7.92. The number of benzene rings is 2. The standard InChI is InChI=1S/C18H18N2O5S/c1-12-4-9-16(15(11-12)18(22)23)19-26(24,25)14-7-5-13(6-8-14)20-10-2-3-17(20)21/h4-9,11,19H,2-3,10H2,1H3,(H,22,23). The molecule has 0 aliphatic carbocycles. The Morgan fingerprint density at radius 2 is 1.85 bits per heavy atom. The quantitative estimate of drug-likeness (QED) is 0.837. The van der Waals surface area contributed by atoms with Gasteiger partial charge in [0.25, 0.3) is 10.0 Å². The lowest BCUT2D eigenvalue weighted by molar-refractivity contribution is -0.117. The summed E-state index contributed by atoms with van der Waals surface area (Å²) >= 11 is 0. The Morgan fingerprint density at radius 3 is 2.42 bits per heavy atom. The Balaban J connectivity index is 1.87. The molecule has 0 atom stereocenters. The maximum Gasteiger partial charge on any atom is 0.337 e. The van der Waals surface area contributed by atoms with E-state index >= 15 is 0 Å². The van der Waals surface area contributed by atoms with Gasteiger partial charge in [0, 0.05) is 18.7 Å². The van der Waals surface area contributed by atoms with Gasteiger partial charge in [-0.2, -0.15) is 0 Å². The summed E-state index contributed by atoms with van der Waals surface area (Å²) in [5.41, 5.74) is 1.24. The Bertz CT molecular complexity index is 968. The highest BCUT2D eigenvalue weighted by Gasteiger charge is 2.23. The van der Waals surface area contributed by atoms with Gasteiger partial charge >= 0.3 is 5.97 Å². The van der Waals surface area contributed by atoms with E-state index in [1.807, 2.05) is 0 Å². The van der Waals surface area contributed by atoms with Gasteiger partial charge in [-0.3, -0.25) is 9.52 Å². The van der Waals surface area contributed by atoms with Crippen LogP contribution in [0.1, 0.15) is 28.8 Å². The molecule has 2 aromatic rings. The van der Waals surface area contributed by atoms with Crippen molar-refractivity contribution in [2.75, 3.05) is 16.2 Å². The number of amides is 1. The van der Waals surface area contributed by atoms with E-state index in [4.69, 9.17) is 0 Å². The molecule has 0 aromatic heterocycles. The van der Waals surface area contributed by atoms with E-state index in [0.717, 1.165) is 6.42 Å². The lowest BCUT2D eigenvalue weighted by Gasteiger charge is -2.16. The van der Waals surface area contributed by atoms with Crippen LogP contribution in [0, 0.1) is 6.92 Å². The maximum absolute atomic E-state index is 12.6. The molecule has 7 nitrogen and oxygen atoms in total. The van der Waals surface area contributed by atoms with Crippen LogP contribution < -0.4 is 9.62 Å². The largest absolute Gasteiger partial charge is 0.478 e. The third kappa shape index (κ3) is 3.55. The Kier molecular flexibility index (Phi) is 4.69. The molecule has 1 aliphatic rings. The summed E-state index contributed by atoms with van der Waals surface area (Å²) in [5.74, 6) is -1.20. The number of hydrogen-bond donors (Lipinski definition) is 2. The molecule has 1 fully saturated rings. The summed E-state index contributed by atoms with van der Waals surface area (Å²) in [6, 6.07) is 10.4. The van der Waals surface area contributed by atoms with Crippen LogP contribution in [0.4, 0.5) is 11.4 Å². The normalized spacial score (nSPS) is 14.5. The molecule has 0 spiro atoms. The fourth-order valence-corrected chi connectivity index (χ4v) is 3.93. The number of nitrogens with one attached hydrogen (secondary N) is 1. The number of anilines is 2. The Morgan fingerprint density at radius 1 is 1.15 bits per heavy atom. The molecule has 8 heteroatoms. The van der Waals surface area contributed by atoms with Crippen LogP contribution in [0.2, 0.25) is 0 Å². The number of carbonyl (C=O) groups is 2. The molecule has 2 aromatic carbocycles. The van der Waals surface area contributed by atoms with Crippen molar-refractivity contribution in [2.24, 2.45) is 0 Å². The summed E-state index contributed by atoms with van der Waals surface area (Å²) in [6.07, 6.45) is 1.28. The number of hydrogen-bond acceptors (Lipinski definition) is 4. The van der Waals surface area contributed by atoms with Gasteiger partial charge in [0.2, 0.25) is 5.91 Å². The zero-order valence-electron chi connectivity index (χ0n) is 14.1. The maximum atomic E-state index is 12.6. The molecule has 2 N–H and O–H groups in total. The predicted molar refractivity (Wildman–Crippen MR) is 97.0 cm³/mol. The summed E-state index contributed by atoms with van der Waals surface area (Å²) in [4.78, 5) is 24.7. The molecule has 1 amide bonds. The van der Waals surface area contributed by atoms with Crippen LogP contribution in [-0.4, -0.2) is 31.9 Å².